The second-order valence-electron chi connectivity index (χ2n) is 4.87. The molecule has 5 heteroatoms. The first-order valence-electron chi connectivity index (χ1n) is 6.99. The van der Waals surface area contributed by atoms with Crippen LogP contribution in [0.3, 0.4) is 0 Å². The van der Waals surface area contributed by atoms with E-state index in [1.807, 2.05) is 31.9 Å². The molecule has 20 heavy (non-hydrogen) atoms. The minimum Gasteiger partial charge on any atom is -0.387 e. The largest absolute Gasteiger partial charge is 0.387 e. The molecule has 0 saturated carbocycles. The molecular formula is C15H25N3O2. The summed E-state index contributed by atoms with van der Waals surface area (Å²) in [5, 5.41) is 3.07. The summed E-state index contributed by atoms with van der Waals surface area (Å²) >= 11 is 0. The van der Waals surface area contributed by atoms with Crippen molar-refractivity contribution in [2.24, 2.45) is 0 Å². The number of rotatable bonds is 7. The molecule has 1 heterocycles. The molecule has 0 aliphatic heterocycles. The zero-order chi connectivity index (χ0) is 15.1. The Labute approximate surface area is 121 Å². The van der Waals surface area contributed by atoms with Gasteiger partial charge in [0.05, 0.1) is 17.9 Å². The molecule has 1 atom stereocenters. The van der Waals surface area contributed by atoms with E-state index in [1.165, 1.54) is 0 Å². The molecular weight excluding hydrogens is 254 g/mol. The lowest BCUT2D eigenvalue weighted by Crippen LogP contribution is -2.40. The van der Waals surface area contributed by atoms with Gasteiger partial charge in [0.2, 0.25) is 0 Å². The maximum atomic E-state index is 12.7. The van der Waals surface area contributed by atoms with Crippen LogP contribution in [0.1, 0.15) is 36.3 Å². The Bertz CT molecular complexity index is 449. The molecule has 0 fully saturated rings. The first-order valence-corrected chi connectivity index (χ1v) is 6.99. The topological polar surface area (TPSA) is 54.5 Å². The van der Waals surface area contributed by atoms with E-state index in [9.17, 15) is 4.79 Å². The van der Waals surface area contributed by atoms with E-state index in [0.29, 0.717) is 18.7 Å². The molecule has 1 aromatic heterocycles. The van der Waals surface area contributed by atoms with Crippen LogP contribution in [0.2, 0.25) is 0 Å². The van der Waals surface area contributed by atoms with Crippen LogP contribution in [-0.2, 0) is 4.74 Å². The van der Waals surface area contributed by atoms with Crippen molar-refractivity contribution in [3.8, 4) is 0 Å². The van der Waals surface area contributed by atoms with Gasteiger partial charge in [0.15, 0.2) is 0 Å². The second kappa shape index (κ2) is 7.85. The summed E-state index contributed by atoms with van der Waals surface area (Å²) in [5.41, 5.74) is 2.31. The summed E-state index contributed by atoms with van der Waals surface area (Å²) in [5.74, 6) is -0.00625. The number of methoxy groups -OCH3 is 1. The maximum absolute atomic E-state index is 12.7. The van der Waals surface area contributed by atoms with Gasteiger partial charge < -0.3 is 15.0 Å². The molecule has 0 aliphatic rings. The van der Waals surface area contributed by atoms with Gasteiger partial charge in [-0.3, -0.25) is 9.78 Å². The van der Waals surface area contributed by atoms with Gasteiger partial charge in [-0.15, -0.1) is 0 Å². The molecule has 5 nitrogen and oxygen atoms in total. The van der Waals surface area contributed by atoms with Crippen LogP contribution in [0.4, 0.5) is 5.69 Å². The molecule has 0 saturated heterocycles. The van der Waals surface area contributed by atoms with Crippen molar-refractivity contribution >= 4 is 11.6 Å². The van der Waals surface area contributed by atoms with Crippen molar-refractivity contribution in [1.29, 1.82) is 0 Å². The van der Waals surface area contributed by atoms with Crippen molar-refractivity contribution in [2.75, 3.05) is 32.6 Å². The van der Waals surface area contributed by atoms with Gasteiger partial charge in [-0.05, 0) is 26.3 Å². The monoisotopic (exact) mass is 279 g/mol. The number of hydrogen-bond donors (Lipinski definition) is 1. The van der Waals surface area contributed by atoms with Gasteiger partial charge in [-0.2, -0.15) is 0 Å². The molecule has 1 aromatic rings. The molecule has 0 radical (unpaired) electrons. The highest BCUT2D eigenvalue weighted by Gasteiger charge is 2.22. The molecule has 0 aromatic carbocycles. The normalized spacial score (nSPS) is 12.1. The quantitative estimate of drug-likeness (QED) is 0.832. The zero-order valence-corrected chi connectivity index (χ0v) is 13.1. The van der Waals surface area contributed by atoms with Crippen molar-refractivity contribution in [3.63, 3.8) is 0 Å². The number of hydrogen-bond acceptors (Lipinski definition) is 4. The van der Waals surface area contributed by atoms with Crippen LogP contribution in [0.25, 0.3) is 0 Å². The van der Waals surface area contributed by atoms with Crippen molar-refractivity contribution in [1.82, 2.24) is 9.88 Å². The number of anilines is 1. The predicted octanol–water partition coefficient (Wildman–Crippen LogP) is 2.32. The standard InChI is InChI=1S/C15H25N3O2/c1-6-12(3)18(7-8-20-5)15(19)13-10-17-11(2)9-14(13)16-4/h9-10,12H,6-8H2,1-5H3,(H,16,17). The minimum atomic E-state index is -0.00625. The third kappa shape index (κ3) is 3.93. The summed E-state index contributed by atoms with van der Waals surface area (Å²) < 4.78 is 5.10. The molecule has 1 rings (SSSR count). The Morgan fingerprint density at radius 1 is 1.55 bits per heavy atom. The molecule has 0 aliphatic carbocycles. The summed E-state index contributed by atoms with van der Waals surface area (Å²) in [6.45, 7) is 7.15. The van der Waals surface area contributed by atoms with Gasteiger partial charge in [-0.25, -0.2) is 0 Å². The Balaban J connectivity index is 3.04. The number of nitrogens with one attached hydrogen (secondary N) is 1. The number of carbonyl (C=O) groups is 1. The number of nitrogens with zero attached hydrogens (tertiary/aromatic N) is 2. The molecule has 1 amide bonds. The highest BCUT2D eigenvalue weighted by Crippen LogP contribution is 2.19. The SMILES string of the molecule is CCC(C)N(CCOC)C(=O)c1cnc(C)cc1NC. The first kappa shape index (κ1) is 16.4. The molecule has 1 unspecified atom stereocenters. The van der Waals surface area contributed by atoms with Crippen LogP contribution in [0, 0.1) is 6.92 Å². The van der Waals surface area contributed by atoms with Crippen molar-refractivity contribution < 1.29 is 9.53 Å². The number of carbonyl (C=O) groups excluding carboxylic acids is 1. The van der Waals surface area contributed by atoms with Crippen LogP contribution in [0.15, 0.2) is 12.3 Å². The lowest BCUT2D eigenvalue weighted by atomic mass is 10.1. The van der Waals surface area contributed by atoms with E-state index in [1.54, 1.807) is 13.3 Å². The lowest BCUT2D eigenvalue weighted by Gasteiger charge is -2.29. The van der Waals surface area contributed by atoms with E-state index >= 15 is 0 Å². The van der Waals surface area contributed by atoms with E-state index in [0.717, 1.165) is 17.8 Å². The number of ether oxygens (including phenoxy) is 1. The van der Waals surface area contributed by atoms with Crippen LogP contribution >= 0.6 is 0 Å². The van der Waals surface area contributed by atoms with Gasteiger partial charge >= 0.3 is 0 Å². The number of aromatic nitrogens is 1. The van der Waals surface area contributed by atoms with Crippen molar-refractivity contribution in [2.45, 2.75) is 33.2 Å². The fourth-order valence-corrected chi connectivity index (χ4v) is 2.02. The average molecular weight is 279 g/mol. The Hall–Kier alpha value is -1.62. The van der Waals surface area contributed by atoms with E-state index in [2.05, 4.69) is 17.2 Å². The average Bonchev–Trinajstić information content (AvgIpc) is 2.46. The Morgan fingerprint density at radius 3 is 2.80 bits per heavy atom. The second-order valence-corrected chi connectivity index (χ2v) is 4.87. The van der Waals surface area contributed by atoms with Crippen LogP contribution in [0.5, 0.6) is 0 Å². The fraction of sp³-hybridized carbons (Fsp3) is 0.600. The summed E-state index contributed by atoms with van der Waals surface area (Å²) in [7, 11) is 3.46. The van der Waals surface area contributed by atoms with E-state index in [-0.39, 0.29) is 11.9 Å². The minimum absolute atomic E-state index is 0.00625. The summed E-state index contributed by atoms with van der Waals surface area (Å²) in [6.07, 6.45) is 2.55. The maximum Gasteiger partial charge on any atom is 0.257 e. The first-order chi connectivity index (χ1) is 9.54. The van der Waals surface area contributed by atoms with Crippen LogP contribution in [-0.4, -0.2) is 49.1 Å². The third-order valence-electron chi connectivity index (χ3n) is 3.46. The summed E-state index contributed by atoms with van der Waals surface area (Å²) in [6, 6.07) is 2.06. The number of amides is 1. The predicted molar refractivity (Wildman–Crippen MR) is 81.2 cm³/mol. The Morgan fingerprint density at radius 2 is 2.25 bits per heavy atom. The Kier molecular flexibility index (Phi) is 6.45. The van der Waals surface area contributed by atoms with Gasteiger partial charge in [0.25, 0.3) is 5.91 Å². The third-order valence-corrected chi connectivity index (χ3v) is 3.46. The number of aryl methyl sites for hydroxylation is 1. The molecule has 0 bridgehead atoms. The van der Waals surface area contributed by atoms with Crippen LogP contribution < -0.4 is 5.32 Å². The van der Waals surface area contributed by atoms with Gasteiger partial charge in [0.1, 0.15) is 0 Å². The van der Waals surface area contributed by atoms with E-state index in [4.69, 9.17) is 4.74 Å². The van der Waals surface area contributed by atoms with Crippen molar-refractivity contribution in [3.05, 3.63) is 23.5 Å². The van der Waals surface area contributed by atoms with Gasteiger partial charge in [0, 0.05) is 38.6 Å². The zero-order valence-electron chi connectivity index (χ0n) is 13.1. The van der Waals surface area contributed by atoms with Gasteiger partial charge in [-0.1, -0.05) is 6.92 Å². The molecule has 0 spiro atoms. The smallest absolute Gasteiger partial charge is 0.257 e. The highest BCUT2D eigenvalue weighted by molar-refractivity contribution is 5.99. The number of pyridine rings is 1. The lowest BCUT2D eigenvalue weighted by molar-refractivity contribution is 0.0614. The molecule has 1 N–H and O–H groups in total. The van der Waals surface area contributed by atoms with E-state index < -0.39 is 0 Å². The highest BCUT2D eigenvalue weighted by atomic mass is 16.5. The summed E-state index contributed by atoms with van der Waals surface area (Å²) in [4.78, 5) is 18.8. The molecule has 112 valence electrons. The fourth-order valence-electron chi connectivity index (χ4n) is 2.02.